The topological polar surface area (TPSA) is 97.7 Å². The molecule has 0 saturated carbocycles. The van der Waals surface area contributed by atoms with Gasteiger partial charge in [0, 0.05) is 23.7 Å². The van der Waals surface area contributed by atoms with Gasteiger partial charge in [0.05, 0.1) is 22.7 Å². The van der Waals surface area contributed by atoms with Crippen molar-refractivity contribution >= 4 is 26.7 Å². The molecule has 0 aliphatic carbocycles. The predicted molar refractivity (Wildman–Crippen MR) is 133 cm³/mol. The molecule has 0 bridgehead atoms. The third-order valence-corrected chi connectivity index (χ3v) is 6.59. The molecule has 4 rings (SSSR count). The molecular formula is C26H26N2O5S. The highest BCUT2D eigenvalue weighted by Gasteiger charge is 2.18. The van der Waals surface area contributed by atoms with E-state index in [-0.39, 0.29) is 11.5 Å². The Labute approximate surface area is 199 Å². The number of aromatic nitrogens is 1. The minimum absolute atomic E-state index is 0.0468. The average Bonchev–Trinajstić information content (AvgIpc) is 2.86. The van der Waals surface area contributed by atoms with Crippen molar-refractivity contribution in [3.05, 3.63) is 84.4 Å². The first-order valence-corrected chi connectivity index (χ1v) is 12.2. The Hall–Kier alpha value is -3.46. The third kappa shape index (κ3) is 5.72. The van der Waals surface area contributed by atoms with Gasteiger partial charge in [0.2, 0.25) is 0 Å². The lowest BCUT2D eigenvalue weighted by Crippen LogP contribution is -2.25. The lowest BCUT2D eigenvalue weighted by atomic mass is 10.1. The molecule has 0 aliphatic rings. The van der Waals surface area contributed by atoms with Crippen molar-refractivity contribution in [1.82, 2.24) is 4.98 Å². The fourth-order valence-electron chi connectivity index (χ4n) is 3.34. The number of rotatable bonds is 9. The van der Waals surface area contributed by atoms with Crippen molar-refractivity contribution in [2.45, 2.75) is 17.9 Å². The number of hydrogen-bond acceptors (Lipinski definition) is 7. The van der Waals surface area contributed by atoms with Crippen LogP contribution in [-0.2, 0) is 14.3 Å². The van der Waals surface area contributed by atoms with Crippen LogP contribution in [-0.4, -0.2) is 44.9 Å². The number of anilines is 1. The van der Waals surface area contributed by atoms with Crippen LogP contribution in [0.5, 0.6) is 5.75 Å². The number of benzene rings is 3. The number of nitrogens with one attached hydrogen (secondary N) is 1. The van der Waals surface area contributed by atoms with E-state index in [0.717, 1.165) is 33.4 Å². The Bertz CT molecular complexity index is 1370. The van der Waals surface area contributed by atoms with Gasteiger partial charge >= 0.3 is 0 Å². The first-order chi connectivity index (χ1) is 16.3. The molecule has 0 spiro atoms. The highest BCUT2D eigenvalue weighted by atomic mass is 32.2. The maximum atomic E-state index is 12.2. The van der Waals surface area contributed by atoms with Gasteiger partial charge in [0.25, 0.3) is 10.1 Å². The lowest BCUT2D eigenvalue weighted by Gasteiger charge is -2.13. The van der Waals surface area contributed by atoms with E-state index in [0.29, 0.717) is 5.75 Å². The summed E-state index contributed by atoms with van der Waals surface area (Å²) in [7, 11) is -2.06. The molecule has 34 heavy (non-hydrogen) atoms. The molecule has 1 heterocycles. The summed E-state index contributed by atoms with van der Waals surface area (Å²) in [5.74, 6) is 0.542. The number of aliphatic hydroxyl groups excluding tert-OH is 1. The second kappa shape index (κ2) is 10.2. The molecule has 0 amide bonds. The third-order valence-electron chi connectivity index (χ3n) is 5.30. The maximum Gasteiger partial charge on any atom is 0.297 e. The van der Waals surface area contributed by atoms with Crippen LogP contribution >= 0.6 is 0 Å². The predicted octanol–water partition coefficient (Wildman–Crippen LogP) is 4.40. The van der Waals surface area contributed by atoms with E-state index in [2.05, 4.69) is 5.32 Å². The highest BCUT2D eigenvalue weighted by molar-refractivity contribution is 7.86. The van der Waals surface area contributed by atoms with Gasteiger partial charge in [0.15, 0.2) is 0 Å². The quantitative estimate of drug-likeness (QED) is 0.344. The number of nitrogens with zero attached hydrogens (tertiary/aromatic N) is 1. The molecule has 2 N–H and O–H groups in total. The molecular weight excluding hydrogens is 452 g/mol. The van der Waals surface area contributed by atoms with Crippen LogP contribution < -0.4 is 10.1 Å². The van der Waals surface area contributed by atoms with Crippen LogP contribution in [0.3, 0.4) is 0 Å². The minimum Gasteiger partial charge on any atom is -0.491 e. The van der Waals surface area contributed by atoms with Crippen LogP contribution in [0.15, 0.2) is 83.8 Å². The molecule has 8 heteroatoms. The van der Waals surface area contributed by atoms with E-state index in [1.54, 1.807) is 18.2 Å². The van der Waals surface area contributed by atoms with E-state index < -0.39 is 22.8 Å². The Morgan fingerprint density at radius 1 is 0.941 bits per heavy atom. The van der Waals surface area contributed by atoms with Crippen molar-refractivity contribution in [3.8, 4) is 17.0 Å². The molecule has 0 radical (unpaired) electrons. The smallest absolute Gasteiger partial charge is 0.297 e. The first kappa shape index (κ1) is 23.7. The number of aliphatic hydroxyl groups is 1. The fourth-order valence-corrected chi connectivity index (χ4v) is 4.29. The van der Waals surface area contributed by atoms with Crippen molar-refractivity contribution in [2.75, 3.05) is 25.6 Å². The largest absolute Gasteiger partial charge is 0.491 e. The van der Waals surface area contributed by atoms with Gasteiger partial charge in [0.1, 0.15) is 18.5 Å². The monoisotopic (exact) mass is 478 g/mol. The molecule has 3 aromatic carbocycles. The molecule has 4 aromatic rings. The molecule has 0 saturated heterocycles. The summed E-state index contributed by atoms with van der Waals surface area (Å²) in [4.78, 5) is 4.76. The summed E-state index contributed by atoms with van der Waals surface area (Å²) >= 11 is 0. The van der Waals surface area contributed by atoms with Crippen molar-refractivity contribution in [2.24, 2.45) is 0 Å². The van der Waals surface area contributed by atoms with Crippen LogP contribution in [0, 0.1) is 6.92 Å². The summed E-state index contributed by atoms with van der Waals surface area (Å²) in [6.07, 6.45) is -1.11. The van der Waals surface area contributed by atoms with Gasteiger partial charge in [-0.1, -0.05) is 35.9 Å². The minimum atomic E-state index is -3.94. The molecule has 1 atom stereocenters. The molecule has 1 aromatic heterocycles. The zero-order valence-electron chi connectivity index (χ0n) is 18.9. The highest BCUT2D eigenvalue weighted by Crippen LogP contribution is 2.25. The molecule has 176 valence electrons. The van der Waals surface area contributed by atoms with Crippen LogP contribution in [0.2, 0.25) is 0 Å². The number of fused-ring (bicyclic) bond motifs is 1. The van der Waals surface area contributed by atoms with Crippen LogP contribution in [0.4, 0.5) is 5.69 Å². The van der Waals surface area contributed by atoms with E-state index in [1.165, 1.54) is 12.1 Å². The van der Waals surface area contributed by atoms with Gasteiger partial charge in [-0.2, -0.15) is 8.42 Å². The van der Waals surface area contributed by atoms with Crippen LogP contribution in [0.25, 0.3) is 22.2 Å². The van der Waals surface area contributed by atoms with Crippen molar-refractivity contribution in [1.29, 1.82) is 0 Å². The molecule has 0 unspecified atom stereocenters. The zero-order chi connectivity index (χ0) is 24.1. The van der Waals surface area contributed by atoms with Gasteiger partial charge in [-0.3, -0.25) is 4.18 Å². The van der Waals surface area contributed by atoms with Gasteiger partial charge in [-0.15, -0.1) is 0 Å². The maximum absolute atomic E-state index is 12.2. The number of hydrogen-bond donors (Lipinski definition) is 2. The van der Waals surface area contributed by atoms with E-state index >= 15 is 0 Å². The van der Waals surface area contributed by atoms with Crippen molar-refractivity contribution < 1.29 is 22.4 Å². The van der Waals surface area contributed by atoms with E-state index in [4.69, 9.17) is 13.9 Å². The van der Waals surface area contributed by atoms with Crippen molar-refractivity contribution in [3.63, 3.8) is 0 Å². The summed E-state index contributed by atoms with van der Waals surface area (Å²) in [5.41, 5.74) is 4.68. The van der Waals surface area contributed by atoms with Gasteiger partial charge in [-0.25, -0.2) is 4.98 Å². The van der Waals surface area contributed by atoms with E-state index in [9.17, 15) is 13.5 Å². The Morgan fingerprint density at radius 3 is 2.38 bits per heavy atom. The average molecular weight is 479 g/mol. The zero-order valence-corrected chi connectivity index (χ0v) is 19.7. The standard InChI is InChI=1S/C26H26N2O5S/c1-18-3-11-24(12-4-18)34(30,31)33-17-22(29)16-32-23-10-14-26-20(15-23)7-13-25(28-26)19-5-8-21(27-2)9-6-19/h3-15,22,27,29H,16-17H2,1-2H3/t22-/m0/s1. The lowest BCUT2D eigenvalue weighted by molar-refractivity contribution is 0.0649. The normalized spacial score (nSPS) is 12.4. The number of ether oxygens (including phenoxy) is 1. The van der Waals surface area contributed by atoms with Gasteiger partial charge < -0.3 is 15.2 Å². The summed E-state index contributed by atoms with van der Waals surface area (Å²) in [5, 5.41) is 14.1. The molecule has 0 aliphatic heterocycles. The van der Waals surface area contributed by atoms with E-state index in [1.807, 2.05) is 62.5 Å². The Kier molecular flexibility index (Phi) is 7.12. The molecule has 7 nitrogen and oxygen atoms in total. The number of pyridine rings is 1. The number of aryl methyl sites for hydroxylation is 1. The Morgan fingerprint density at radius 2 is 1.68 bits per heavy atom. The first-order valence-electron chi connectivity index (χ1n) is 10.8. The summed E-state index contributed by atoms with van der Waals surface area (Å²) < 4.78 is 35.1. The molecule has 0 fully saturated rings. The SMILES string of the molecule is CNc1ccc(-c2ccc3cc(OC[C@H](O)COS(=O)(=O)c4ccc(C)cc4)ccc3n2)cc1. The summed E-state index contributed by atoms with van der Waals surface area (Å²) in [6.45, 7) is 1.35. The summed E-state index contributed by atoms with van der Waals surface area (Å²) in [6, 6.07) is 23.7. The second-order valence-corrected chi connectivity index (χ2v) is 9.51. The van der Waals surface area contributed by atoms with Crippen LogP contribution in [0.1, 0.15) is 5.56 Å². The second-order valence-electron chi connectivity index (χ2n) is 7.89. The van der Waals surface area contributed by atoms with Gasteiger partial charge in [-0.05, 0) is 55.5 Å². The fraction of sp³-hybridized carbons (Fsp3) is 0.192. The Balaban J connectivity index is 1.36.